The first-order chi connectivity index (χ1) is 12.8. The largest absolute Gasteiger partial charge is 0.316 e. The summed E-state index contributed by atoms with van der Waals surface area (Å²) in [6.07, 6.45) is 3.71. The Morgan fingerprint density at radius 3 is 3.04 bits per heavy atom. The van der Waals surface area contributed by atoms with Gasteiger partial charge in [0.25, 0.3) is 0 Å². The van der Waals surface area contributed by atoms with Gasteiger partial charge >= 0.3 is 0 Å². The highest BCUT2D eigenvalue weighted by atomic mass is 32.1. The van der Waals surface area contributed by atoms with Gasteiger partial charge in [0.1, 0.15) is 0 Å². The number of nitrogens with zero attached hydrogens (tertiary/aromatic N) is 2. The first-order valence-corrected chi connectivity index (χ1v) is 10.3. The highest BCUT2D eigenvalue weighted by Crippen LogP contribution is 2.29. The van der Waals surface area contributed by atoms with E-state index in [1.165, 1.54) is 16.9 Å². The lowest BCUT2D eigenvalue weighted by Crippen LogP contribution is -2.29. The van der Waals surface area contributed by atoms with Crippen molar-refractivity contribution in [2.45, 2.75) is 38.8 Å². The minimum atomic E-state index is 0.101. The van der Waals surface area contributed by atoms with E-state index in [1.807, 2.05) is 0 Å². The zero-order valence-electron chi connectivity index (χ0n) is 15.0. The maximum atomic E-state index is 12.2. The van der Waals surface area contributed by atoms with E-state index in [2.05, 4.69) is 50.8 Å². The summed E-state index contributed by atoms with van der Waals surface area (Å²) in [6, 6.07) is 10.6. The van der Waals surface area contributed by atoms with Crippen LogP contribution < -0.4 is 10.6 Å². The van der Waals surface area contributed by atoms with Crippen molar-refractivity contribution in [1.29, 1.82) is 0 Å². The molecule has 0 saturated carbocycles. The van der Waals surface area contributed by atoms with Crippen molar-refractivity contribution in [2.75, 3.05) is 25.0 Å². The van der Waals surface area contributed by atoms with Gasteiger partial charge in [0, 0.05) is 37.4 Å². The van der Waals surface area contributed by atoms with Gasteiger partial charge in [-0.1, -0.05) is 30.3 Å². The number of hydrogen-bond acceptors (Lipinski definition) is 5. The third-order valence-electron chi connectivity index (χ3n) is 5.25. The number of fused-ring (bicyclic) bond motifs is 1. The van der Waals surface area contributed by atoms with Gasteiger partial charge in [0.15, 0.2) is 5.13 Å². The molecule has 1 aromatic carbocycles. The van der Waals surface area contributed by atoms with Crippen LogP contribution in [0.1, 0.15) is 35.4 Å². The van der Waals surface area contributed by atoms with Crippen LogP contribution in [0.4, 0.5) is 5.13 Å². The third kappa shape index (κ3) is 4.50. The van der Waals surface area contributed by atoms with Crippen LogP contribution in [-0.4, -0.2) is 35.4 Å². The van der Waals surface area contributed by atoms with Gasteiger partial charge in [-0.15, -0.1) is 11.3 Å². The molecule has 138 valence electrons. The summed E-state index contributed by atoms with van der Waals surface area (Å²) in [7, 11) is 0. The highest BCUT2D eigenvalue weighted by Gasteiger charge is 2.22. The van der Waals surface area contributed by atoms with Gasteiger partial charge in [0.2, 0.25) is 5.91 Å². The molecule has 2 aromatic rings. The number of aromatic nitrogens is 1. The first kappa shape index (κ1) is 17.6. The second kappa shape index (κ2) is 8.29. The van der Waals surface area contributed by atoms with E-state index >= 15 is 0 Å². The molecule has 1 unspecified atom stereocenters. The van der Waals surface area contributed by atoms with Crippen LogP contribution in [0.5, 0.6) is 0 Å². The quantitative estimate of drug-likeness (QED) is 0.821. The number of carbonyl (C=O) groups excluding carboxylic acids is 1. The van der Waals surface area contributed by atoms with Crippen molar-refractivity contribution in [3.05, 3.63) is 46.5 Å². The molecule has 0 spiro atoms. The predicted octanol–water partition coefficient (Wildman–Crippen LogP) is 3.03. The summed E-state index contributed by atoms with van der Waals surface area (Å²) in [6.45, 7) is 5.05. The number of thiazole rings is 1. The molecule has 1 amide bonds. The fraction of sp³-hybridized carbons (Fsp3) is 0.500. The number of amides is 1. The van der Waals surface area contributed by atoms with Crippen LogP contribution in [0.2, 0.25) is 0 Å². The van der Waals surface area contributed by atoms with Crippen LogP contribution in [0.3, 0.4) is 0 Å². The van der Waals surface area contributed by atoms with Gasteiger partial charge in [-0.3, -0.25) is 9.69 Å². The number of benzene rings is 1. The summed E-state index contributed by atoms with van der Waals surface area (Å²) in [5.74, 6) is 0.751. The molecule has 2 aliphatic heterocycles. The number of carbonyl (C=O) groups is 1. The van der Waals surface area contributed by atoms with E-state index in [9.17, 15) is 4.79 Å². The summed E-state index contributed by atoms with van der Waals surface area (Å²) >= 11 is 1.64. The minimum Gasteiger partial charge on any atom is -0.316 e. The Balaban J connectivity index is 1.30. The molecule has 2 aliphatic rings. The Kier molecular flexibility index (Phi) is 5.62. The molecule has 1 aromatic heterocycles. The van der Waals surface area contributed by atoms with Gasteiger partial charge in [-0.05, 0) is 37.4 Å². The molecule has 1 saturated heterocycles. The lowest BCUT2D eigenvalue weighted by molar-refractivity contribution is -0.116. The van der Waals surface area contributed by atoms with Crippen molar-refractivity contribution in [2.24, 2.45) is 5.92 Å². The molecule has 26 heavy (non-hydrogen) atoms. The average molecular weight is 371 g/mol. The second-order valence-corrected chi connectivity index (χ2v) is 8.36. The Hall–Kier alpha value is -1.76. The van der Waals surface area contributed by atoms with Gasteiger partial charge in [-0.25, -0.2) is 4.98 Å². The van der Waals surface area contributed by atoms with Crippen LogP contribution in [0.15, 0.2) is 30.3 Å². The van der Waals surface area contributed by atoms with E-state index in [0.29, 0.717) is 12.3 Å². The molecule has 0 aliphatic carbocycles. The van der Waals surface area contributed by atoms with Crippen LogP contribution in [0, 0.1) is 5.92 Å². The summed E-state index contributed by atoms with van der Waals surface area (Å²) in [5, 5.41) is 7.14. The maximum absolute atomic E-state index is 12.2. The van der Waals surface area contributed by atoms with Crippen LogP contribution in [0.25, 0.3) is 0 Å². The minimum absolute atomic E-state index is 0.101. The molecule has 4 rings (SSSR count). The molecule has 1 atom stereocenters. The fourth-order valence-electron chi connectivity index (χ4n) is 3.76. The molecule has 3 heterocycles. The molecule has 0 bridgehead atoms. The Morgan fingerprint density at radius 2 is 2.23 bits per heavy atom. The van der Waals surface area contributed by atoms with Crippen molar-refractivity contribution in [3.63, 3.8) is 0 Å². The fourth-order valence-corrected chi connectivity index (χ4v) is 4.82. The topological polar surface area (TPSA) is 57.3 Å². The molecule has 0 radical (unpaired) electrons. The standard InChI is InChI=1S/C20H26N4OS/c25-19(7-6-15-8-10-21-12-15)23-20-22-17-9-11-24(14-18(17)26-20)13-16-4-2-1-3-5-16/h1-5,15,21H,6-14H2,(H,22,23,25). The van der Waals surface area contributed by atoms with Crippen molar-refractivity contribution in [3.8, 4) is 0 Å². The van der Waals surface area contributed by atoms with E-state index in [1.54, 1.807) is 11.3 Å². The number of rotatable bonds is 6. The van der Waals surface area contributed by atoms with Crippen molar-refractivity contribution < 1.29 is 4.79 Å². The smallest absolute Gasteiger partial charge is 0.226 e. The molecular formula is C20H26N4OS. The monoisotopic (exact) mass is 370 g/mol. The summed E-state index contributed by atoms with van der Waals surface area (Å²) in [5.41, 5.74) is 2.50. The van der Waals surface area contributed by atoms with Crippen LogP contribution >= 0.6 is 11.3 Å². The van der Waals surface area contributed by atoms with Gasteiger partial charge < -0.3 is 10.6 Å². The second-order valence-electron chi connectivity index (χ2n) is 7.28. The van der Waals surface area contributed by atoms with Gasteiger partial charge in [-0.2, -0.15) is 0 Å². The first-order valence-electron chi connectivity index (χ1n) is 9.52. The third-order valence-corrected chi connectivity index (χ3v) is 6.25. The number of nitrogens with one attached hydrogen (secondary N) is 2. The zero-order chi connectivity index (χ0) is 17.8. The van der Waals surface area contributed by atoms with Crippen molar-refractivity contribution in [1.82, 2.24) is 15.2 Å². The van der Waals surface area contributed by atoms with Crippen LogP contribution in [-0.2, 0) is 24.3 Å². The lowest BCUT2D eigenvalue weighted by Gasteiger charge is -2.25. The molecular weight excluding hydrogens is 344 g/mol. The van der Waals surface area contributed by atoms with Gasteiger partial charge in [0.05, 0.1) is 5.69 Å². The van der Waals surface area contributed by atoms with E-state index in [0.717, 1.165) is 56.4 Å². The summed E-state index contributed by atoms with van der Waals surface area (Å²) in [4.78, 5) is 20.6. The Bertz CT molecular complexity index is 740. The lowest BCUT2D eigenvalue weighted by atomic mass is 10.0. The zero-order valence-corrected chi connectivity index (χ0v) is 15.9. The van der Waals surface area contributed by atoms with E-state index in [4.69, 9.17) is 0 Å². The Morgan fingerprint density at radius 1 is 1.35 bits per heavy atom. The maximum Gasteiger partial charge on any atom is 0.226 e. The molecule has 6 heteroatoms. The predicted molar refractivity (Wildman–Crippen MR) is 105 cm³/mol. The summed E-state index contributed by atoms with van der Waals surface area (Å²) < 4.78 is 0. The normalized spacial score (nSPS) is 20.1. The molecule has 5 nitrogen and oxygen atoms in total. The van der Waals surface area contributed by atoms with E-state index < -0.39 is 0 Å². The molecule has 2 N–H and O–H groups in total. The molecule has 1 fully saturated rings. The van der Waals surface area contributed by atoms with E-state index in [-0.39, 0.29) is 5.91 Å². The Labute approximate surface area is 158 Å². The average Bonchev–Trinajstić information content (AvgIpc) is 3.29. The number of hydrogen-bond donors (Lipinski definition) is 2. The van der Waals surface area contributed by atoms with Crippen molar-refractivity contribution >= 4 is 22.4 Å². The number of anilines is 1. The SMILES string of the molecule is O=C(CCC1CCNC1)Nc1nc2c(s1)CN(Cc1ccccc1)CC2. The highest BCUT2D eigenvalue weighted by molar-refractivity contribution is 7.15.